The largest absolute Gasteiger partial charge is 0.416 e. The van der Waals surface area contributed by atoms with Crippen LogP contribution in [0, 0.1) is 0 Å². The van der Waals surface area contributed by atoms with E-state index in [0.717, 1.165) is 37.3 Å². The third-order valence-corrected chi connectivity index (χ3v) is 7.27. The summed E-state index contributed by atoms with van der Waals surface area (Å²) in [6.45, 7) is 3.42. The number of nitrogens with zero attached hydrogens (tertiary/aromatic N) is 6. The van der Waals surface area contributed by atoms with Crippen LogP contribution in [-0.2, 0) is 6.18 Å². The first kappa shape index (κ1) is 27.3. The summed E-state index contributed by atoms with van der Waals surface area (Å²) in [5.74, 6) is 0.335. The maximum atomic E-state index is 13.7. The fourth-order valence-corrected chi connectivity index (χ4v) is 5.29. The molecule has 0 N–H and O–H groups in total. The van der Waals surface area contributed by atoms with Crippen molar-refractivity contribution in [1.29, 1.82) is 0 Å². The summed E-state index contributed by atoms with van der Waals surface area (Å²) in [7, 11) is 0. The lowest BCUT2D eigenvalue weighted by atomic mass is 10.0. The number of tetrazole rings is 1. The Hall–Kier alpha value is -3.24. The predicted octanol–water partition coefficient (Wildman–Crippen LogP) is 6.41. The summed E-state index contributed by atoms with van der Waals surface area (Å²) in [6, 6.07) is 19.7. The van der Waals surface area contributed by atoms with Crippen LogP contribution in [0.5, 0.6) is 0 Å². The second-order valence-corrected chi connectivity index (χ2v) is 10.0. The van der Waals surface area contributed by atoms with Crippen LogP contribution in [0.3, 0.4) is 0 Å². The first-order chi connectivity index (χ1) is 18.8. The molecule has 0 aliphatic carbocycles. The Kier molecular flexibility index (Phi) is 8.32. The molecule has 6 nitrogen and oxygen atoms in total. The summed E-state index contributed by atoms with van der Waals surface area (Å²) in [6.07, 6.45) is -0.281. The Bertz CT molecular complexity index is 1410. The zero-order chi connectivity index (χ0) is 27.4. The smallest absolute Gasteiger partial charge is 0.297 e. The zero-order valence-electron chi connectivity index (χ0n) is 20.8. The SMILES string of the molecule is FC(F)(F)c1cccc(C(c2nnnn2-c2c(Cl)cccc2Cl)N2CCN(C/C=C/c3ccccc3)CC2)c1. The predicted molar refractivity (Wildman–Crippen MR) is 146 cm³/mol. The Morgan fingerprint density at radius 3 is 2.26 bits per heavy atom. The molecule has 1 aliphatic rings. The molecule has 0 spiro atoms. The first-order valence-electron chi connectivity index (χ1n) is 12.4. The summed E-state index contributed by atoms with van der Waals surface area (Å²) < 4.78 is 42.4. The van der Waals surface area contributed by atoms with Gasteiger partial charge in [-0.2, -0.15) is 17.9 Å². The van der Waals surface area contributed by atoms with Crippen molar-refractivity contribution in [3.63, 3.8) is 0 Å². The normalized spacial score (nSPS) is 16.1. The first-order valence-corrected chi connectivity index (χ1v) is 13.1. The van der Waals surface area contributed by atoms with E-state index in [-0.39, 0.29) is 0 Å². The number of rotatable bonds is 7. The zero-order valence-corrected chi connectivity index (χ0v) is 22.3. The molecule has 1 saturated heterocycles. The minimum absolute atomic E-state index is 0.328. The van der Waals surface area contributed by atoms with Crippen LogP contribution in [0.15, 0.2) is 78.9 Å². The lowest BCUT2D eigenvalue weighted by Crippen LogP contribution is -2.48. The fourth-order valence-electron chi connectivity index (χ4n) is 4.73. The molecule has 1 aliphatic heterocycles. The molecule has 0 saturated carbocycles. The maximum absolute atomic E-state index is 13.7. The second kappa shape index (κ2) is 11.9. The molecule has 5 rings (SSSR count). The summed E-state index contributed by atoms with van der Waals surface area (Å²) in [5.41, 5.74) is 1.21. The molecule has 0 bridgehead atoms. The summed E-state index contributed by atoms with van der Waals surface area (Å²) in [4.78, 5) is 4.40. The maximum Gasteiger partial charge on any atom is 0.416 e. The van der Waals surface area contributed by atoms with Gasteiger partial charge in [0.15, 0.2) is 5.82 Å². The average Bonchev–Trinajstić information content (AvgIpc) is 3.39. The van der Waals surface area contributed by atoms with E-state index < -0.39 is 17.8 Å². The van der Waals surface area contributed by atoms with Crippen LogP contribution in [-0.4, -0.2) is 62.7 Å². The van der Waals surface area contributed by atoms with E-state index in [0.29, 0.717) is 40.2 Å². The quantitative estimate of drug-likeness (QED) is 0.256. The highest BCUT2D eigenvalue weighted by Crippen LogP contribution is 2.36. The molecule has 1 aromatic heterocycles. The van der Waals surface area contributed by atoms with E-state index in [4.69, 9.17) is 23.2 Å². The van der Waals surface area contributed by atoms with E-state index in [2.05, 4.69) is 37.5 Å². The highest BCUT2D eigenvalue weighted by Gasteiger charge is 2.35. The van der Waals surface area contributed by atoms with Crippen molar-refractivity contribution in [2.75, 3.05) is 32.7 Å². The van der Waals surface area contributed by atoms with Gasteiger partial charge in [0.25, 0.3) is 0 Å². The van der Waals surface area contributed by atoms with E-state index in [9.17, 15) is 13.2 Å². The summed E-state index contributed by atoms with van der Waals surface area (Å²) >= 11 is 12.9. The van der Waals surface area contributed by atoms with Crippen molar-refractivity contribution < 1.29 is 13.2 Å². The van der Waals surface area contributed by atoms with Crippen molar-refractivity contribution in [2.24, 2.45) is 0 Å². The molecule has 0 amide bonds. The molecule has 1 unspecified atom stereocenters. The molecule has 1 fully saturated rings. The van der Waals surface area contributed by atoms with Crippen LogP contribution in [0.1, 0.15) is 28.6 Å². The van der Waals surface area contributed by atoms with Gasteiger partial charge >= 0.3 is 6.18 Å². The molecule has 0 radical (unpaired) electrons. The van der Waals surface area contributed by atoms with E-state index in [1.165, 1.54) is 10.7 Å². The highest BCUT2D eigenvalue weighted by molar-refractivity contribution is 6.37. The molecule has 3 aromatic carbocycles. The third-order valence-electron chi connectivity index (χ3n) is 6.66. The van der Waals surface area contributed by atoms with Gasteiger partial charge in [0.2, 0.25) is 0 Å². The van der Waals surface area contributed by atoms with Gasteiger partial charge in [0.05, 0.1) is 21.7 Å². The number of para-hydroxylation sites is 1. The van der Waals surface area contributed by atoms with Gasteiger partial charge in [-0.3, -0.25) is 9.80 Å². The second-order valence-electron chi connectivity index (χ2n) is 9.19. The number of halogens is 5. The van der Waals surface area contributed by atoms with Crippen molar-refractivity contribution in [3.8, 4) is 5.69 Å². The van der Waals surface area contributed by atoms with Crippen LogP contribution >= 0.6 is 23.2 Å². The van der Waals surface area contributed by atoms with Crippen LogP contribution in [0.2, 0.25) is 10.0 Å². The molecule has 202 valence electrons. The van der Waals surface area contributed by atoms with Gasteiger partial charge in [-0.15, -0.1) is 5.10 Å². The Morgan fingerprint density at radius 1 is 0.872 bits per heavy atom. The Balaban J connectivity index is 1.44. The van der Waals surface area contributed by atoms with E-state index >= 15 is 0 Å². The van der Waals surface area contributed by atoms with Gasteiger partial charge in [-0.25, -0.2) is 0 Å². The number of hydrogen-bond donors (Lipinski definition) is 0. The monoisotopic (exact) mass is 572 g/mol. The average molecular weight is 573 g/mol. The lowest BCUT2D eigenvalue weighted by molar-refractivity contribution is -0.137. The molecule has 11 heteroatoms. The van der Waals surface area contributed by atoms with E-state index in [1.807, 2.05) is 30.3 Å². The van der Waals surface area contributed by atoms with Crippen molar-refractivity contribution >= 4 is 29.3 Å². The van der Waals surface area contributed by atoms with Gasteiger partial charge in [0, 0.05) is 32.7 Å². The number of piperazine rings is 1. The Labute approximate surface area is 234 Å². The summed E-state index contributed by atoms with van der Waals surface area (Å²) in [5, 5.41) is 12.9. The molecule has 39 heavy (non-hydrogen) atoms. The highest BCUT2D eigenvalue weighted by atomic mass is 35.5. The minimum Gasteiger partial charge on any atom is -0.297 e. The standard InChI is InChI=1S/C28H25Cl2F3N6/c29-23-12-5-13-24(30)26(23)39-27(34-35-36-39)25(21-10-4-11-22(19-21)28(31,32)33)38-17-15-37(16-18-38)14-6-9-20-7-2-1-3-8-20/h1-13,19,25H,14-18H2/b9-6+. The minimum atomic E-state index is -4.48. The number of hydrogen-bond acceptors (Lipinski definition) is 5. The van der Waals surface area contributed by atoms with Crippen LogP contribution in [0.25, 0.3) is 11.8 Å². The number of benzene rings is 3. The van der Waals surface area contributed by atoms with Gasteiger partial charge < -0.3 is 0 Å². The fraction of sp³-hybridized carbons (Fsp3) is 0.250. The molecule has 2 heterocycles. The van der Waals surface area contributed by atoms with Gasteiger partial charge in [0.1, 0.15) is 5.69 Å². The van der Waals surface area contributed by atoms with Crippen molar-refractivity contribution in [3.05, 3.63) is 111 Å². The van der Waals surface area contributed by atoms with Gasteiger partial charge in [-0.1, -0.05) is 83.9 Å². The molecular weight excluding hydrogens is 548 g/mol. The van der Waals surface area contributed by atoms with Crippen molar-refractivity contribution in [2.45, 2.75) is 12.2 Å². The topological polar surface area (TPSA) is 50.1 Å². The molecule has 4 aromatic rings. The molecule has 1 atom stereocenters. The Morgan fingerprint density at radius 2 is 1.56 bits per heavy atom. The number of aromatic nitrogens is 4. The van der Waals surface area contributed by atoms with Gasteiger partial charge in [-0.05, 0) is 45.8 Å². The van der Waals surface area contributed by atoms with E-state index in [1.54, 1.807) is 24.3 Å². The third kappa shape index (κ3) is 6.33. The van der Waals surface area contributed by atoms with Crippen LogP contribution in [0.4, 0.5) is 13.2 Å². The van der Waals surface area contributed by atoms with Crippen LogP contribution < -0.4 is 0 Å². The van der Waals surface area contributed by atoms with Crippen molar-refractivity contribution in [1.82, 2.24) is 30.0 Å². The number of alkyl halides is 3. The molecular formula is C28H25Cl2F3N6. The lowest BCUT2D eigenvalue weighted by Gasteiger charge is -2.38.